The Hall–Kier alpha value is -3.26. The lowest BCUT2D eigenvalue weighted by atomic mass is 10.0. The minimum atomic E-state index is -0.734. The van der Waals surface area contributed by atoms with Crippen LogP contribution in [-0.4, -0.2) is 49.0 Å². The molecule has 0 aliphatic heterocycles. The first-order valence-electron chi connectivity index (χ1n) is 10.8. The van der Waals surface area contributed by atoms with Gasteiger partial charge >= 0.3 is 0 Å². The molecule has 1 heterocycles. The molecule has 3 aromatic rings. The molecular weight excluding hydrogens is 438 g/mol. The largest absolute Gasteiger partial charge is 0.497 e. The third kappa shape index (κ3) is 6.61. The number of carbonyl (C=O) groups is 3. The number of para-hydroxylation sites is 1. The first-order valence-corrected chi connectivity index (χ1v) is 11.9. The maximum atomic E-state index is 13.0. The number of carbonyl (C=O) groups excluding carboxylic acids is 3. The van der Waals surface area contributed by atoms with Crippen LogP contribution < -0.4 is 15.4 Å². The van der Waals surface area contributed by atoms with Crippen LogP contribution in [0.3, 0.4) is 0 Å². The molecule has 0 bridgehead atoms. The molecule has 3 N–H and O–H groups in total. The van der Waals surface area contributed by atoms with Gasteiger partial charge in [-0.2, -0.15) is 11.8 Å². The summed E-state index contributed by atoms with van der Waals surface area (Å²) in [4.78, 5) is 39.9. The molecule has 0 saturated carbocycles. The molecule has 3 rings (SSSR count). The molecule has 2 aromatic carbocycles. The van der Waals surface area contributed by atoms with Gasteiger partial charge < -0.3 is 25.1 Å². The molecular formula is C25H29N3O4S. The molecule has 0 radical (unpaired) electrons. The van der Waals surface area contributed by atoms with Crippen molar-refractivity contribution in [2.24, 2.45) is 5.92 Å². The predicted molar refractivity (Wildman–Crippen MR) is 131 cm³/mol. The molecule has 0 aliphatic carbocycles. The molecule has 1 aromatic heterocycles. The van der Waals surface area contributed by atoms with Crippen molar-refractivity contribution in [3.8, 4) is 5.75 Å². The van der Waals surface area contributed by atoms with E-state index in [9.17, 15) is 14.4 Å². The lowest BCUT2D eigenvalue weighted by molar-refractivity contribution is -0.131. The Morgan fingerprint density at radius 3 is 2.58 bits per heavy atom. The van der Waals surface area contributed by atoms with Crippen molar-refractivity contribution >= 4 is 40.8 Å². The number of ether oxygens (including phenoxy) is 1. The van der Waals surface area contributed by atoms with E-state index < -0.39 is 12.0 Å². The van der Waals surface area contributed by atoms with Crippen molar-refractivity contribution in [1.82, 2.24) is 15.6 Å². The zero-order chi connectivity index (χ0) is 23.6. The summed E-state index contributed by atoms with van der Waals surface area (Å²) in [6, 6.07) is 14.8. The zero-order valence-electron chi connectivity index (χ0n) is 18.8. The Morgan fingerprint density at radius 1 is 1.12 bits per heavy atom. The molecule has 0 saturated heterocycles. The molecule has 33 heavy (non-hydrogen) atoms. The quantitative estimate of drug-likeness (QED) is 0.356. The van der Waals surface area contributed by atoms with Gasteiger partial charge in [0.25, 0.3) is 0 Å². The van der Waals surface area contributed by atoms with E-state index in [0.717, 1.165) is 34.1 Å². The zero-order valence-corrected chi connectivity index (χ0v) is 19.6. The number of aromatic amines is 1. The summed E-state index contributed by atoms with van der Waals surface area (Å²) in [6.45, 7) is 0. The van der Waals surface area contributed by atoms with Gasteiger partial charge in [0.2, 0.25) is 11.8 Å². The fourth-order valence-corrected chi connectivity index (χ4v) is 4.72. The monoisotopic (exact) mass is 467 g/mol. The van der Waals surface area contributed by atoms with E-state index >= 15 is 0 Å². The summed E-state index contributed by atoms with van der Waals surface area (Å²) in [6.07, 6.45) is 3.07. The van der Waals surface area contributed by atoms with Gasteiger partial charge in [-0.1, -0.05) is 30.3 Å². The van der Waals surface area contributed by atoms with E-state index in [1.165, 1.54) is 0 Å². The maximum Gasteiger partial charge on any atom is 0.242 e. The molecule has 7 nitrogen and oxygen atoms in total. The second kappa shape index (κ2) is 12.1. The van der Waals surface area contributed by atoms with Crippen molar-refractivity contribution in [3.63, 3.8) is 0 Å². The lowest BCUT2D eigenvalue weighted by Gasteiger charge is -2.21. The second-order valence-electron chi connectivity index (χ2n) is 7.70. The number of likely N-dealkylation sites (N-methyl/N-ethyl adjacent to an activating group) is 1. The Bertz CT molecular complexity index is 1080. The highest BCUT2D eigenvalue weighted by Crippen LogP contribution is 2.21. The number of methoxy groups -OCH3 is 1. The number of amides is 2. The molecule has 0 aliphatic rings. The van der Waals surface area contributed by atoms with E-state index in [-0.39, 0.29) is 18.2 Å². The van der Waals surface area contributed by atoms with Crippen LogP contribution in [-0.2, 0) is 26.6 Å². The number of thioether (sulfide) groups is 1. The number of aromatic nitrogens is 1. The van der Waals surface area contributed by atoms with Crippen molar-refractivity contribution in [3.05, 3.63) is 65.9 Å². The number of hydrogen-bond donors (Lipinski definition) is 3. The molecule has 2 atom stereocenters. The predicted octanol–water partition coefficient (Wildman–Crippen LogP) is 3.09. The van der Waals surface area contributed by atoms with Crippen LogP contribution in [0, 0.1) is 5.92 Å². The van der Waals surface area contributed by atoms with E-state index in [4.69, 9.17) is 4.74 Å². The topological polar surface area (TPSA) is 100 Å². The van der Waals surface area contributed by atoms with Gasteiger partial charge in [0.1, 0.15) is 18.1 Å². The number of benzene rings is 2. The Morgan fingerprint density at radius 2 is 1.88 bits per heavy atom. The van der Waals surface area contributed by atoms with Crippen molar-refractivity contribution in [1.29, 1.82) is 0 Å². The number of fused-ring (bicyclic) bond motifs is 1. The Balaban J connectivity index is 1.63. The summed E-state index contributed by atoms with van der Waals surface area (Å²) < 4.78 is 5.17. The summed E-state index contributed by atoms with van der Waals surface area (Å²) in [7, 11) is 3.17. The van der Waals surface area contributed by atoms with Gasteiger partial charge in [-0.15, -0.1) is 0 Å². The molecule has 174 valence electrons. The lowest BCUT2D eigenvalue weighted by Crippen LogP contribution is -2.49. The van der Waals surface area contributed by atoms with Gasteiger partial charge in [0, 0.05) is 48.5 Å². The van der Waals surface area contributed by atoms with Crippen LogP contribution in [0.5, 0.6) is 5.75 Å². The smallest absolute Gasteiger partial charge is 0.242 e. The van der Waals surface area contributed by atoms with E-state index in [1.54, 1.807) is 25.9 Å². The Kier molecular flexibility index (Phi) is 8.95. The first kappa shape index (κ1) is 24.4. The number of hydrogen-bond acceptors (Lipinski definition) is 5. The van der Waals surface area contributed by atoms with Crippen LogP contribution in [0.1, 0.15) is 17.5 Å². The summed E-state index contributed by atoms with van der Waals surface area (Å²) in [5.41, 5.74) is 3.03. The highest BCUT2D eigenvalue weighted by Gasteiger charge is 2.26. The summed E-state index contributed by atoms with van der Waals surface area (Å²) >= 11 is 1.58. The average molecular weight is 468 g/mol. The normalized spacial score (nSPS) is 12.7. The first-order chi connectivity index (χ1) is 16.0. The van der Waals surface area contributed by atoms with Gasteiger partial charge in [-0.05, 0) is 29.3 Å². The fraction of sp³-hybridized carbons (Fsp3) is 0.320. The highest BCUT2D eigenvalue weighted by atomic mass is 32.2. The van der Waals surface area contributed by atoms with Crippen LogP contribution >= 0.6 is 11.8 Å². The third-order valence-electron chi connectivity index (χ3n) is 5.48. The van der Waals surface area contributed by atoms with Gasteiger partial charge in [-0.25, -0.2) is 0 Å². The van der Waals surface area contributed by atoms with E-state index in [1.807, 2.05) is 54.7 Å². The minimum Gasteiger partial charge on any atom is -0.497 e. The Labute approximate surface area is 197 Å². The fourth-order valence-electron chi connectivity index (χ4n) is 3.60. The SMILES string of the molecule is CNC(=O)[C@H](Cc1c[nH]c2ccccc12)NC(=O)C(CC=O)CSCc1ccc(OC)cc1. The number of H-pyrrole nitrogens is 1. The number of nitrogens with one attached hydrogen (secondary N) is 3. The molecule has 2 amide bonds. The molecule has 8 heteroatoms. The summed E-state index contributed by atoms with van der Waals surface area (Å²) in [5, 5.41) is 6.51. The van der Waals surface area contributed by atoms with Gasteiger partial charge in [-0.3, -0.25) is 9.59 Å². The van der Waals surface area contributed by atoms with Crippen LogP contribution in [0.4, 0.5) is 0 Å². The number of rotatable bonds is 12. The van der Waals surface area contributed by atoms with Crippen LogP contribution in [0.15, 0.2) is 54.7 Å². The standard InChI is InChI=1S/C25H29N3O4S/c1-26-25(31)23(13-19-14-27-22-6-4-3-5-21(19)22)28-24(30)18(11-12-29)16-33-15-17-7-9-20(32-2)10-8-17/h3-10,12,14,18,23,27H,11,13,15-16H2,1-2H3,(H,26,31)(H,28,30)/t18?,23-/m0/s1. The van der Waals surface area contributed by atoms with Crippen molar-refractivity contribution < 1.29 is 19.1 Å². The molecule has 0 fully saturated rings. The molecule has 0 spiro atoms. The van der Waals surface area contributed by atoms with Crippen molar-refractivity contribution in [2.45, 2.75) is 24.6 Å². The molecule has 1 unspecified atom stereocenters. The van der Waals surface area contributed by atoms with E-state index in [0.29, 0.717) is 17.9 Å². The third-order valence-corrected chi connectivity index (χ3v) is 6.65. The highest BCUT2D eigenvalue weighted by molar-refractivity contribution is 7.98. The minimum absolute atomic E-state index is 0.106. The maximum absolute atomic E-state index is 13.0. The van der Waals surface area contributed by atoms with E-state index in [2.05, 4.69) is 15.6 Å². The second-order valence-corrected chi connectivity index (χ2v) is 8.73. The van der Waals surface area contributed by atoms with Gasteiger partial charge in [0.05, 0.1) is 13.0 Å². The average Bonchev–Trinajstić information content (AvgIpc) is 3.25. The van der Waals surface area contributed by atoms with Crippen LogP contribution in [0.25, 0.3) is 10.9 Å². The van der Waals surface area contributed by atoms with Gasteiger partial charge in [0.15, 0.2) is 0 Å². The number of aldehydes is 1. The van der Waals surface area contributed by atoms with Crippen LogP contribution in [0.2, 0.25) is 0 Å². The summed E-state index contributed by atoms with van der Waals surface area (Å²) in [5.74, 6) is 0.894. The van der Waals surface area contributed by atoms with Crippen molar-refractivity contribution in [2.75, 3.05) is 19.9 Å².